The maximum absolute atomic E-state index is 11.6. The Labute approximate surface area is 65.8 Å². The van der Waals surface area contributed by atoms with Crippen molar-refractivity contribution in [2.45, 2.75) is 6.42 Å². The molecule has 1 rings (SSSR count). The molecule has 0 amide bonds. The Hall–Kier alpha value is 0.240. The zero-order valence-electron chi connectivity index (χ0n) is 6.11. The van der Waals surface area contributed by atoms with E-state index in [2.05, 4.69) is 5.32 Å². The Morgan fingerprint density at radius 3 is 3.10 bits per heavy atom. The zero-order valence-corrected chi connectivity index (χ0v) is 6.92. The topological polar surface area (TPSA) is 12.0 Å². The minimum atomic E-state index is -0.236. The predicted molar refractivity (Wildman–Crippen MR) is 44.3 cm³/mol. The molecular weight excluding hydrogens is 149 g/mol. The van der Waals surface area contributed by atoms with Crippen LogP contribution in [0.25, 0.3) is 0 Å². The first-order chi connectivity index (χ1) is 4.93. The molecule has 1 saturated heterocycles. The quantitative estimate of drug-likeness (QED) is 0.627. The van der Waals surface area contributed by atoms with Crippen LogP contribution in [0.15, 0.2) is 0 Å². The van der Waals surface area contributed by atoms with Gasteiger partial charge in [-0.3, -0.25) is 0 Å². The molecule has 10 heavy (non-hydrogen) atoms. The molecule has 3 heteroatoms. The molecule has 1 aliphatic heterocycles. The number of hydrogen-bond donors (Lipinski definition) is 1. The lowest BCUT2D eigenvalue weighted by atomic mass is 10.1. The van der Waals surface area contributed by atoms with Gasteiger partial charge in [0, 0.05) is 6.54 Å². The Kier molecular flexibility index (Phi) is 4.14. The van der Waals surface area contributed by atoms with Crippen molar-refractivity contribution < 1.29 is 4.39 Å². The first-order valence-electron chi connectivity index (χ1n) is 3.78. The molecule has 1 unspecified atom stereocenters. The standard InChI is InChI=1S/C7H14FNS/c8-2-3-9-5-7-1-4-10-6-7/h7,9H,1-6H2. The van der Waals surface area contributed by atoms with Crippen molar-refractivity contribution in [1.82, 2.24) is 5.32 Å². The van der Waals surface area contributed by atoms with Crippen LogP contribution in [0.4, 0.5) is 4.39 Å². The van der Waals surface area contributed by atoms with Gasteiger partial charge in [-0.1, -0.05) is 0 Å². The summed E-state index contributed by atoms with van der Waals surface area (Å²) < 4.78 is 11.6. The monoisotopic (exact) mass is 163 g/mol. The molecule has 0 aromatic rings. The van der Waals surface area contributed by atoms with Gasteiger partial charge >= 0.3 is 0 Å². The molecule has 0 aromatic heterocycles. The second-order valence-electron chi connectivity index (χ2n) is 2.62. The lowest BCUT2D eigenvalue weighted by molar-refractivity contribution is 0.443. The fourth-order valence-electron chi connectivity index (χ4n) is 1.12. The van der Waals surface area contributed by atoms with Crippen LogP contribution in [0.5, 0.6) is 0 Å². The fourth-order valence-corrected chi connectivity index (χ4v) is 2.40. The third-order valence-electron chi connectivity index (χ3n) is 1.73. The largest absolute Gasteiger partial charge is 0.314 e. The van der Waals surface area contributed by atoms with Gasteiger partial charge in [-0.15, -0.1) is 0 Å². The number of nitrogens with one attached hydrogen (secondary N) is 1. The molecule has 1 N–H and O–H groups in total. The van der Waals surface area contributed by atoms with Crippen LogP contribution in [-0.4, -0.2) is 31.3 Å². The number of halogens is 1. The molecular formula is C7H14FNS. The summed E-state index contributed by atoms with van der Waals surface area (Å²) in [4.78, 5) is 0. The molecule has 1 aliphatic rings. The molecule has 1 atom stereocenters. The number of hydrogen-bond acceptors (Lipinski definition) is 2. The van der Waals surface area contributed by atoms with Gasteiger partial charge in [-0.25, -0.2) is 4.39 Å². The molecule has 0 saturated carbocycles. The molecule has 0 bridgehead atoms. The summed E-state index contributed by atoms with van der Waals surface area (Å²) in [7, 11) is 0. The second kappa shape index (κ2) is 4.97. The number of thioether (sulfide) groups is 1. The Morgan fingerprint density at radius 1 is 1.60 bits per heavy atom. The minimum absolute atomic E-state index is 0.236. The van der Waals surface area contributed by atoms with Gasteiger partial charge in [0.2, 0.25) is 0 Å². The van der Waals surface area contributed by atoms with Gasteiger partial charge in [-0.05, 0) is 30.4 Å². The summed E-state index contributed by atoms with van der Waals surface area (Å²) in [6.07, 6.45) is 1.31. The van der Waals surface area contributed by atoms with Gasteiger partial charge in [0.1, 0.15) is 6.67 Å². The first-order valence-corrected chi connectivity index (χ1v) is 4.93. The van der Waals surface area contributed by atoms with Crippen molar-refractivity contribution >= 4 is 11.8 Å². The highest BCUT2D eigenvalue weighted by molar-refractivity contribution is 7.99. The summed E-state index contributed by atoms with van der Waals surface area (Å²) >= 11 is 2.01. The predicted octanol–water partition coefficient (Wildman–Crippen LogP) is 1.30. The van der Waals surface area contributed by atoms with Crippen molar-refractivity contribution in [1.29, 1.82) is 0 Å². The summed E-state index contributed by atoms with van der Waals surface area (Å²) in [6.45, 7) is 1.30. The minimum Gasteiger partial charge on any atom is -0.314 e. The average molecular weight is 163 g/mol. The maximum Gasteiger partial charge on any atom is 0.102 e. The Morgan fingerprint density at radius 2 is 2.50 bits per heavy atom. The van der Waals surface area contributed by atoms with E-state index in [1.165, 1.54) is 17.9 Å². The highest BCUT2D eigenvalue weighted by Gasteiger charge is 2.13. The molecule has 1 fully saturated rings. The molecule has 1 nitrogen and oxygen atoms in total. The average Bonchev–Trinajstić information content (AvgIpc) is 2.41. The molecule has 1 heterocycles. The van der Waals surface area contributed by atoms with Crippen LogP contribution in [0.2, 0.25) is 0 Å². The van der Waals surface area contributed by atoms with Crippen LogP contribution in [0, 0.1) is 5.92 Å². The molecule has 0 aliphatic carbocycles. The number of rotatable bonds is 4. The summed E-state index contributed by atoms with van der Waals surface area (Å²) in [5, 5.41) is 3.09. The fraction of sp³-hybridized carbons (Fsp3) is 1.00. The van der Waals surface area contributed by atoms with Gasteiger partial charge in [0.05, 0.1) is 0 Å². The summed E-state index contributed by atoms with van der Waals surface area (Å²) in [5.41, 5.74) is 0. The maximum atomic E-state index is 11.6. The van der Waals surface area contributed by atoms with Gasteiger partial charge < -0.3 is 5.32 Å². The van der Waals surface area contributed by atoms with Gasteiger partial charge in [-0.2, -0.15) is 11.8 Å². The van der Waals surface area contributed by atoms with Crippen molar-refractivity contribution in [3.05, 3.63) is 0 Å². The summed E-state index contributed by atoms with van der Waals surface area (Å²) in [6, 6.07) is 0. The highest BCUT2D eigenvalue weighted by atomic mass is 32.2. The Balaban J connectivity index is 1.91. The van der Waals surface area contributed by atoms with E-state index < -0.39 is 0 Å². The van der Waals surface area contributed by atoms with E-state index >= 15 is 0 Å². The first kappa shape index (κ1) is 8.34. The molecule has 0 spiro atoms. The van der Waals surface area contributed by atoms with E-state index in [9.17, 15) is 4.39 Å². The second-order valence-corrected chi connectivity index (χ2v) is 3.77. The van der Waals surface area contributed by atoms with E-state index in [0.717, 1.165) is 12.5 Å². The van der Waals surface area contributed by atoms with Gasteiger partial charge in [0.25, 0.3) is 0 Å². The van der Waals surface area contributed by atoms with E-state index in [1.807, 2.05) is 11.8 Å². The molecule has 0 radical (unpaired) electrons. The SMILES string of the molecule is FCCNCC1CCSC1. The van der Waals surface area contributed by atoms with Crippen molar-refractivity contribution in [2.24, 2.45) is 5.92 Å². The normalized spacial score (nSPS) is 25.5. The van der Waals surface area contributed by atoms with Crippen LogP contribution in [-0.2, 0) is 0 Å². The third kappa shape index (κ3) is 2.88. The molecule has 60 valence electrons. The van der Waals surface area contributed by atoms with Crippen LogP contribution >= 0.6 is 11.8 Å². The van der Waals surface area contributed by atoms with Crippen LogP contribution < -0.4 is 5.32 Å². The van der Waals surface area contributed by atoms with Crippen molar-refractivity contribution in [3.8, 4) is 0 Å². The third-order valence-corrected chi connectivity index (χ3v) is 2.96. The smallest absolute Gasteiger partial charge is 0.102 e. The van der Waals surface area contributed by atoms with E-state index in [4.69, 9.17) is 0 Å². The summed E-state index contributed by atoms with van der Waals surface area (Å²) in [5.74, 6) is 3.36. The van der Waals surface area contributed by atoms with Crippen LogP contribution in [0.1, 0.15) is 6.42 Å². The van der Waals surface area contributed by atoms with E-state index in [-0.39, 0.29) is 6.67 Å². The Bertz CT molecular complexity index is 83.7. The highest BCUT2D eigenvalue weighted by Crippen LogP contribution is 2.22. The van der Waals surface area contributed by atoms with Crippen molar-refractivity contribution in [2.75, 3.05) is 31.3 Å². The van der Waals surface area contributed by atoms with E-state index in [0.29, 0.717) is 6.54 Å². The lowest BCUT2D eigenvalue weighted by Crippen LogP contribution is -2.24. The van der Waals surface area contributed by atoms with Crippen LogP contribution in [0.3, 0.4) is 0 Å². The van der Waals surface area contributed by atoms with Crippen molar-refractivity contribution in [3.63, 3.8) is 0 Å². The number of alkyl halides is 1. The zero-order chi connectivity index (χ0) is 7.23. The molecule has 0 aromatic carbocycles. The van der Waals surface area contributed by atoms with Gasteiger partial charge in [0.15, 0.2) is 0 Å². The lowest BCUT2D eigenvalue weighted by Gasteiger charge is -2.07. The van der Waals surface area contributed by atoms with E-state index in [1.54, 1.807) is 0 Å².